The van der Waals surface area contributed by atoms with Gasteiger partial charge in [-0.2, -0.15) is 0 Å². The molecule has 0 aliphatic heterocycles. The van der Waals surface area contributed by atoms with Crippen LogP contribution in [0, 0.1) is 20.8 Å². The van der Waals surface area contributed by atoms with Crippen molar-refractivity contribution < 1.29 is 4.79 Å². The van der Waals surface area contributed by atoms with Crippen molar-refractivity contribution in [3.63, 3.8) is 0 Å². The van der Waals surface area contributed by atoms with E-state index in [9.17, 15) is 4.79 Å². The lowest BCUT2D eigenvalue weighted by molar-refractivity contribution is 0.102. The van der Waals surface area contributed by atoms with E-state index in [1.54, 1.807) is 4.40 Å². The third-order valence-corrected chi connectivity index (χ3v) is 4.41. The number of imidazole rings is 1. The maximum atomic E-state index is 12.8. The minimum absolute atomic E-state index is 0.234. The SMILES string of the molecule is Cc1cc(C)c(NC(=O)c2c(C)nc3ccc(Br)cn23)c(Cl)c1. The molecule has 0 saturated carbocycles. The van der Waals surface area contributed by atoms with Crippen molar-refractivity contribution in [2.24, 2.45) is 0 Å². The van der Waals surface area contributed by atoms with Crippen LogP contribution >= 0.6 is 27.5 Å². The predicted octanol–water partition coefficient (Wildman–Crippen LogP) is 4.93. The van der Waals surface area contributed by atoms with E-state index in [-0.39, 0.29) is 5.91 Å². The summed E-state index contributed by atoms with van der Waals surface area (Å²) in [5.74, 6) is -0.234. The minimum Gasteiger partial charge on any atom is -0.319 e. The second-order valence-electron chi connectivity index (χ2n) is 5.51. The van der Waals surface area contributed by atoms with E-state index >= 15 is 0 Å². The highest BCUT2D eigenvalue weighted by Gasteiger charge is 2.18. The van der Waals surface area contributed by atoms with Gasteiger partial charge >= 0.3 is 0 Å². The van der Waals surface area contributed by atoms with Crippen LogP contribution in [0.2, 0.25) is 5.02 Å². The van der Waals surface area contributed by atoms with E-state index in [2.05, 4.69) is 26.2 Å². The van der Waals surface area contributed by atoms with Gasteiger partial charge in [0.25, 0.3) is 5.91 Å². The van der Waals surface area contributed by atoms with E-state index in [0.717, 1.165) is 21.2 Å². The van der Waals surface area contributed by atoms with Crippen LogP contribution in [0.4, 0.5) is 5.69 Å². The molecule has 2 aromatic heterocycles. The molecule has 0 aliphatic rings. The fourth-order valence-corrected chi connectivity index (χ4v) is 3.36. The average Bonchev–Trinajstić information content (AvgIpc) is 2.77. The Morgan fingerprint density at radius 2 is 2.00 bits per heavy atom. The van der Waals surface area contributed by atoms with E-state index in [1.807, 2.05) is 51.2 Å². The zero-order valence-corrected chi connectivity index (χ0v) is 15.3. The monoisotopic (exact) mass is 391 g/mol. The lowest BCUT2D eigenvalue weighted by Gasteiger charge is -2.12. The number of anilines is 1. The largest absolute Gasteiger partial charge is 0.319 e. The molecular formula is C17H15BrClN3O. The van der Waals surface area contributed by atoms with Gasteiger partial charge in [-0.05, 0) is 66.0 Å². The molecule has 0 aliphatic carbocycles. The topological polar surface area (TPSA) is 46.4 Å². The Labute approximate surface area is 147 Å². The molecule has 3 aromatic rings. The molecule has 4 nitrogen and oxygen atoms in total. The van der Waals surface area contributed by atoms with Crippen LogP contribution in [0.5, 0.6) is 0 Å². The highest BCUT2D eigenvalue weighted by molar-refractivity contribution is 9.10. The number of aromatic nitrogens is 2. The number of pyridine rings is 1. The lowest BCUT2D eigenvalue weighted by atomic mass is 10.1. The summed E-state index contributed by atoms with van der Waals surface area (Å²) in [6.07, 6.45) is 1.83. The molecule has 0 unspecified atom stereocenters. The van der Waals surface area contributed by atoms with E-state index in [0.29, 0.717) is 22.1 Å². The summed E-state index contributed by atoms with van der Waals surface area (Å²) in [4.78, 5) is 17.2. The Morgan fingerprint density at radius 1 is 1.26 bits per heavy atom. The second kappa shape index (κ2) is 5.98. The maximum absolute atomic E-state index is 12.8. The van der Waals surface area contributed by atoms with E-state index < -0.39 is 0 Å². The normalized spacial score (nSPS) is 11.0. The number of benzene rings is 1. The van der Waals surface area contributed by atoms with E-state index in [1.165, 1.54) is 0 Å². The highest BCUT2D eigenvalue weighted by atomic mass is 79.9. The molecule has 0 radical (unpaired) electrons. The minimum atomic E-state index is -0.234. The third kappa shape index (κ3) is 2.99. The summed E-state index contributed by atoms with van der Waals surface area (Å²) in [7, 11) is 0. The number of nitrogens with one attached hydrogen (secondary N) is 1. The number of aryl methyl sites for hydroxylation is 3. The van der Waals surface area contributed by atoms with Gasteiger partial charge in [0.05, 0.1) is 16.4 Å². The van der Waals surface area contributed by atoms with Crippen molar-refractivity contribution >= 4 is 44.8 Å². The Hall–Kier alpha value is -1.85. The van der Waals surface area contributed by atoms with Crippen LogP contribution in [-0.4, -0.2) is 15.3 Å². The zero-order chi connectivity index (χ0) is 16.7. The first-order chi connectivity index (χ1) is 10.9. The van der Waals surface area contributed by atoms with Crippen molar-refractivity contribution in [3.8, 4) is 0 Å². The molecule has 0 fully saturated rings. The van der Waals surface area contributed by atoms with Gasteiger partial charge in [-0.3, -0.25) is 9.20 Å². The van der Waals surface area contributed by atoms with Crippen molar-refractivity contribution in [2.45, 2.75) is 20.8 Å². The third-order valence-electron chi connectivity index (χ3n) is 3.64. The number of hydrogen-bond donors (Lipinski definition) is 1. The van der Waals surface area contributed by atoms with Crippen LogP contribution in [0.25, 0.3) is 5.65 Å². The first-order valence-electron chi connectivity index (χ1n) is 7.09. The molecule has 0 bridgehead atoms. The number of rotatable bonds is 2. The number of carbonyl (C=O) groups excluding carboxylic acids is 1. The number of hydrogen-bond acceptors (Lipinski definition) is 2. The van der Waals surface area contributed by atoms with Gasteiger partial charge in [-0.25, -0.2) is 4.98 Å². The second-order valence-corrected chi connectivity index (χ2v) is 6.84. The smallest absolute Gasteiger partial charge is 0.274 e. The zero-order valence-electron chi connectivity index (χ0n) is 12.9. The van der Waals surface area contributed by atoms with Gasteiger partial charge in [0.2, 0.25) is 0 Å². The quantitative estimate of drug-likeness (QED) is 0.672. The predicted molar refractivity (Wildman–Crippen MR) is 96.5 cm³/mol. The van der Waals surface area contributed by atoms with Crippen molar-refractivity contribution in [2.75, 3.05) is 5.32 Å². The first-order valence-corrected chi connectivity index (χ1v) is 8.26. The molecule has 3 rings (SSSR count). The summed E-state index contributed by atoms with van der Waals surface area (Å²) in [6, 6.07) is 7.57. The maximum Gasteiger partial charge on any atom is 0.274 e. The average molecular weight is 393 g/mol. The van der Waals surface area contributed by atoms with Gasteiger partial charge in [-0.1, -0.05) is 17.7 Å². The number of nitrogens with zero attached hydrogens (tertiary/aromatic N) is 2. The molecular weight excluding hydrogens is 378 g/mol. The highest BCUT2D eigenvalue weighted by Crippen LogP contribution is 2.28. The number of halogens is 2. The Kier molecular flexibility index (Phi) is 4.17. The molecule has 0 spiro atoms. The number of carbonyl (C=O) groups is 1. The summed E-state index contributed by atoms with van der Waals surface area (Å²) in [5.41, 5.74) is 4.50. The number of fused-ring (bicyclic) bond motifs is 1. The van der Waals surface area contributed by atoms with Crippen LogP contribution in [0.3, 0.4) is 0 Å². The van der Waals surface area contributed by atoms with Gasteiger partial charge in [0.1, 0.15) is 11.3 Å². The van der Waals surface area contributed by atoms with Gasteiger partial charge < -0.3 is 5.32 Å². The molecule has 1 amide bonds. The molecule has 0 atom stereocenters. The van der Waals surface area contributed by atoms with Gasteiger partial charge in [-0.15, -0.1) is 0 Å². The van der Waals surface area contributed by atoms with Crippen LogP contribution in [0.1, 0.15) is 27.3 Å². The van der Waals surface area contributed by atoms with Crippen LogP contribution in [-0.2, 0) is 0 Å². The lowest BCUT2D eigenvalue weighted by Crippen LogP contribution is -2.16. The van der Waals surface area contributed by atoms with Crippen LogP contribution in [0.15, 0.2) is 34.9 Å². The van der Waals surface area contributed by atoms with Crippen molar-refractivity contribution in [1.29, 1.82) is 0 Å². The molecule has 1 aromatic carbocycles. The van der Waals surface area contributed by atoms with Crippen molar-refractivity contribution in [3.05, 3.63) is 62.5 Å². The first kappa shape index (κ1) is 16.0. The van der Waals surface area contributed by atoms with Gasteiger partial charge in [0, 0.05) is 10.7 Å². The Morgan fingerprint density at radius 3 is 2.70 bits per heavy atom. The summed E-state index contributed by atoms with van der Waals surface area (Å²) >= 11 is 9.70. The molecule has 1 N–H and O–H groups in total. The summed E-state index contributed by atoms with van der Waals surface area (Å²) < 4.78 is 2.65. The Bertz CT molecular complexity index is 910. The van der Waals surface area contributed by atoms with E-state index in [4.69, 9.17) is 11.6 Å². The fourth-order valence-electron chi connectivity index (χ4n) is 2.66. The fraction of sp³-hybridized carbons (Fsp3) is 0.176. The summed E-state index contributed by atoms with van der Waals surface area (Å²) in [5, 5.41) is 3.44. The molecule has 0 saturated heterocycles. The summed E-state index contributed by atoms with van der Waals surface area (Å²) in [6.45, 7) is 5.71. The standard InChI is InChI=1S/C17H15BrClN3O/c1-9-6-10(2)15(13(19)7-9)21-17(23)16-11(3)20-14-5-4-12(18)8-22(14)16/h4-8H,1-3H3,(H,21,23). The van der Waals surface area contributed by atoms with Gasteiger partial charge in [0.15, 0.2) is 0 Å². The van der Waals surface area contributed by atoms with Crippen molar-refractivity contribution in [1.82, 2.24) is 9.38 Å². The molecule has 2 heterocycles. The molecule has 6 heteroatoms. The number of amides is 1. The van der Waals surface area contributed by atoms with Crippen LogP contribution < -0.4 is 5.32 Å². The molecule has 23 heavy (non-hydrogen) atoms. The Balaban J connectivity index is 2.05. The molecule has 118 valence electrons.